The number of benzene rings is 2. The largest absolute Gasteiger partial charge is 0.494 e. The molecule has 252 valence electrons. The highest BCUT2D eigenvalue weighted by Crippen LogP contribution is 2.48. The Morgan fingerprint density at radius 1 is 1.11 bits per heavy atom. The van der Waals surface area contributed by atoms with Crippen LogP contribution >= 0.6 is 11.9 Å². The number of halogens is 4. The van der Waals surface area contributed by atoms with Crippen molar-refractivity contribution in [2.45, 2.75) is 63.6 Å². The number of hydrogen-bond donors (Lipinski definition) is 3. The molecule has 1 amide bonds. The smallest absolute Gasteiger partial charge is 0.424 e. The fraction of sp³-hybridized carbons (Fsp3) is 0.382. The molecule has 2 atom stereocenters. The first-order valence-electron chi connectivity index (χ1n) is 14.9. The molecule has 4 aromatic rings. The van der Waals surface area contributed by atoms with Crippen LogP contribution in [0.25, 0.3) is 22.2 Å². The van der Waals surface area contributed by atoms with Crippen LogP contribution in [-0.4, -0.2) is 52.2 Å². The van der Waals surface area contributed by atoms with Gasteiger partial charge < -0.3 is 19.9 Å². The maximum atomic E-state index is 14.8. The number of aromatic nitrogens is 2. The summed E-state index contributed by atoms with van der Waals surface area (Å²) in [7, 11) is 1.39. The highest BCUT2D eigenvalue weighted by Gasteiger charge is 2.57. The number of nitrogens with zero attached hydrogens (tertiary/aromatic N) is 2. The summed E-state index contributed by atoms with van der Waals surface area (Å²) in [4.78, 5) is 21.7. The maximum Gasteiger partial charge on any atom is 0.424 e. The normalized spacial score (nSPS) is 17.2. The van der Waals surface area contributed by atoms with Crippen molar-refractivity contribution in [1.82, 2.24) is 20.0 Å². The van der Waals surface area contributed by atoms with Crippen LogP contribution in [0.4, 0.5) is 17.6 Å². The summed E-state index contributed by atoms with van der Waals surface area (Å²) in [5.74, 6) is -0.956. The van der Waals surface area contributed by atoms with Crippen molar-refractivity contribution < 1.29 is 36.9 Å². The highest BCUT2D eigenvalue weighted by molar-refractivity contribution is 7.98. The van der Waals surface area contributed by atoms with Crippen molar-refractivity contribution in [3.8, 4) is 22.8 Å². The summed E-state index contributed by atoms with van der Waals surface area (Å²) < 4.78 is 72.7. The molecule has 0 saturated heterocycles. The van der Waals surface area contributed by atoms with Gasteiger partial charge in [0.1, 0.15) is 29.4 Å². The van der Waals surface area contributed by atoms with Crippen molar-refractivity contribution in [3.63, 3.8) is 0 Å². The Bertz CT molecular complexity index is 1750. The number of methoxy groups -OCH3 is 1. The predicted octanol–water partition coefficient (Wildman–Crippen LogP) is 7.29. The molecule has 2 unspecified atom stereocenters. The molecule has 3 N–H and O–H groups in total. The van der Waals surface area contributed by atoms with Crippen LogP contribution in [0.1, 0.15) is 63.2 Å². The Kier molecular flexibility index (Phi) is 10.4. The van der Waals surface area contributed by atoms with E-state index in [0.717, 1.165) is 18.2 Å². The molecule has 0 fully saturated rings. The van der Waals surface area contributed by atoms with E-state index in [-0.39, 0.29) is 39.7 Å². The van der Waals surface area contributed by atoms with Gasteiger partial charge in [-0.15, -0.1) is 0 Å². The SMILES string of the molecule is CC.COc1cc(C(=O)NCC(O)(c2cc3c(c(-c4ccc(F)cc4)n2)OCC3(C)NSC(C)(C)C)C(F)(F)F)cc2cccnc12. The van der Waals surface area contributed by atoms with E-state index in [2.05, 4.69) is 20.0 Å². The van der Waals surface area contributed by atoms with Crippen LogP contribution in [0.15, 0.2) is 60.8 Å². The molecule has 1 aliphatic rings. The van der Waals surface area contributed by atoms with Gasteiger partial charge in [-0.25, -0.2) is 14.1 Å². The summed E-state index contributed by atoms with van der Waals surface area (Å²) in [5, 5.41) is 14.2. The van der Waals surface area contributed by atoms with Crippen molar-refractivity contribution in [2.24, 2.45) is 0 Å². The molecule has 0 radical (unpaired) electrons. The highest BCUT2D eigenvalue weighted by atomic mass is 32.2. The minimum atomic E-state index is -5.27. The lowest BCUT2D eigenvalue weighted by Crippen LogP contribution is -2.51. The number of fused-ring (bicyclic) bond motifs is 2. The second kappa shape index (κ2) is 13.7. The summed E-state index contributed by atoms with van der Waals surface area (Å²) in [5.41, 5.74) is -4.27. The third-order valence-electron chi connectivity index (χ3n) is 7.32. The van der Waals surface area contributed by atoms with Crippen LogP contribution in [0.2, 0.25) is 0 Å². The van der Waals surface area contributed by atoms with Crippen LogP contribution in [0, 0.1) is 5.82 Å². The van der Waals surface area contributed by atoms with Gasteiger partial charge in [0.25, 0.3) is 5.91 Å². The van der Waals surface area contributed by atoms with Crippen molar-refractivity contribution in [2.75, 3.05) is 20.3 Å². The molecule has 2 aromatic heterocycles. The number of nitrogens with one attached hydrogen (secondary N) is 2. The third-order valence-corrected chi connectivity index (χ3v) is 8.49. The van der Waals surface area contributed by atoms with Crippen LogP contribution < -0.4 is 19.5 Å². The maximum absolute atomic E-state index is 14.8. The molecule has 0 aliphatic carbocycles. The van der Waals surface area contributed by atoms with Gasteiger partial charge in [-0.05, 0) is 76.2 Å². The van der Waals surface area contributed by atoms with Gasteiger partial charge >= 0.3 is 6.18 Å². The summed E-state index contributed by atoms with van der Waals surface area (Å²) in [6.45, 7) is 10.5. The van der Waals surface area contributed by atoms with Crippen LogP contribution in [0.3, 0.4) is 0 Å². The topological polar surface area (TPSA) is 106 Å². The minimum absolute atomic E-state index is 0.00505. The van der Waals surface area contributed by atoms with Gasteiger partial charge in [0.05, 0.1) is 24.9 Å². The van der Waals surface area contributed by atoms with E-state index in [4.69, 9.17) is 9.47 Å². The Hall–Kier alpha value is -3.94. The molecular formula is C34H38F4N4O4S. The summed E-state index contributed by atoms with van der Waals surface area (Å²) >= 11 is 1.37. The van der Waals surface area contributed by atoms with E-state index >= 15 is 0 Å². The number of aliphatic hydroxyl groups is 1. The number of ether oxygens (including phenoxy) is 2. The molecular weight excluding hydrogens is 636 g/mol. The first-order valence-corrected chi connectivity index (χ1v) is 15.8. The molecule has 0 spiro atoms. The zero-order chi connectivity index (χ0) is 34.8. The molecule has 1 aliphatic heterocycles. The number of carbonyl (C=O) groups excluding carboxylic acids is 1. The number of pyridine rings is 2. The molecule has 47 heavy (non-hydrogen) atoms. The molecule has 13 heteroatoms. The lowest BCUT2D eigenvalue weighted by Gasteiger charge is -2.32. The van der Waals surface area contributed by atoms with Crippen molar-refractivity contribution >= 4 is 28.8 Å². The zero-order valence-corrected chi connectivity index (χ0v) is 28.0. The van der Waals surface area contributed by atoms with Crippen LogP contribution in [0.5, 0.6) is 11.5 Å². The Morgan fingerprint density at radius 2 is 1.79 bits per heavy atom. The molecule has 8 nitrogen and oxygen atoms in total. The Balaban J connectivity index is 0.00000245. The molecule has 5 rings (SSSR count). The lowest BCUT2D eigenvalue weighted by molar-refractivity contribution is -0.265. The predicted molar refractivity (Wildman–Crippen MR) is 175 cm³/mol. The number of amides is 1. The monoisotopic (exact) mass is 674 g/mol. The van der Waals surface area contributed by atoms with Gasteiger partial charge in [0.15, 0.2) is 5.75 Å². The zero-order valence-electron chi connectivity index (χ0n) is 27.2. The molecule has 3 heterocycles. The average molecular weight is 675 g/mol. The second-order valence-corrected chi connectivity index (χ2v) is 13.6. The fourth-order valence-corrected chi connectivity index (χ4v) is 5.54. The van der Waals surface area contributed by atoms with E-state index in [0.29, 0.717) is 16.5 Å². The van der Waals surface area contributed by atoms with E-state index in [9.17, 15) is 27.5 Å². The van der Waals surface area contributed by atoms with E-state index in [1.165, 1.54) is 43.3 Å². The second-order valence-electron chi connectivity index (χ2n) is 12.0. The first-order chi connectivity index (χ1) is 22.0. The van der Waals surface area contributed by atoms with E-state index in [1.54, 1.807) is 25.3 Å². The van der Waals surface area contributed by atoms with Gasteiger partial charge in [-0.3, -0.25) is 9.78 Å². The number of rotatable bonds is 8. The van der Waals surface area contributed by atoms with Gasteiger partial charge in [0, 0.05) is 33.0 Å². The van der Waals surface area contributed by atoms with Crippen LogP contribution in [-0.2, 0) is 11.1 Å². The number of carbonyl (C=O) groups is 1. The summed E-state index contributed by atoms with van der Waals surface area (Å²) in [6.07, 6.45) is -3.72. The Morgan fingerprint density at radius 3 is 2.40 bits per heavy atom. The van der Waals surface area contributed by atoms with Gasteiger partial charge in [0.2, 0.25) is 5.60 Å². The van der Waals surface area contributed by atoms with E-state index in [1.807, 2.05) is 34.6 Å². The molecule has 0 bridgehead atoms. The quantitative estimate of drug-likeness (QED) is 0.132. The number of hydrogen-bond acceptors (Lipinski definition) is 8. The standard InChI is InChI=1S/C32H32F4N4O4S.C2H6/c1-29(2,3)45-40-30(4)17-44-27-22(30)15-24(39-26(27)18-8-10-21(33)11-9-18)31(42,32(34,35)36)16-38-28(41)20-13-19-7-6-12-37-25(19)23(14-20)43-5;1-2/h6-15,40,42H,16-17H2,1-5H3,(H,38,41);1-2H3. The Labute approximate surface area is 275 Å². The number of alkyl halides is 3. The molecule has 2 aromatic carbocycles. The molecule has 0 saturated carbocycles. The van der Waals surface area contributed by atoms with E-state index < -0.39 is 41.3 Å². The van der Waals surface area contributed by atoms with Gasteiger partial charge in [-0.2, -0.15) is 13.2 Å². The van der Waals surface area contributed by atoms with Crippen molar-refractivity contribution in [3.05, 3.63) is 83.4 Å². The lowest BCUT2D eigenvalue weighted by atomic mass is 9.89. The van der Waals surface area contributed by atoms with Gasteiger partial charge in [-0.1, -0.05) is 31.9 Å². The fourth-order valence-electron chi connectivity index (χ4n) is 4.84. The first kappa shape index (κ1) is 35.9. The third kappa shape index (κ3) is 7.47. The summed E-state index contributed by atoms with van der Waals surface area (Å²) in [6, 6.07) is 12.4. The minimum Gasteiger partial charge on any atom is -0.494 e. The van der Waals surface area contributed by atoms with Crippen molar-refractivity contribution in [1.29, 1.82) is 0 Å². The average Bonchev–Trinajstić information content (AvgIpc) is 3.38.